The van der Waals surface area contributed by atoms with Crippen LogP contribution in [0.3, 0.4) is 0 Å². The maximum absolute atomic E-state index is 9.04. The molecule has 0 amide bonds. The van der Waals surface area contributed by atoms with Gasteiger partial charge in [-0.3, -0.25) is 0 Å². The molecule has 1 N–H and O–H groups in total. The highest BCUT2D eigenvalue weighted by atomic mass is 35.5. The lowest BCUT2D eigenvalue weighted by molar-refractivity contribution is 0.273. The molecule has 2 rings (SSSR count). The first-order valence-corrected chi connectivity index (χ1v) is 4.97. The average Bonchev–Trinajstić information content (AvgIpc) is 2.61. The fourth-order valence-corrected chi connectivity index (χ4v) is 1.58. The molecule has 1 aromatic heterocycles. The lowest BCUT2D eigenvalue weighted by Gasteiger charge is -2.04. The first-order chi connectivity index (χ1) is 7.22. The minimum Gasteiger partial charge on any atom is -0.390 e. The molecule has 0 atom stereocenters. The normalized spacial score (nSPS) is 10.6. The van der Waals surface area contributed by atoms with E-state index in [9.17, 15) is 0 Å². The SMILES string of the molecule is Cn1c(CO)cnc1-c1ccc(Cl)cc1. The van der Waals surface area contributed by atoms with Crippen molar-refractivity contribution in [2.45, 2.75) is 6.61 Å². The molecule has 0 aliphatic heterocycles. The van der Waals surface area contributed by atoms with Gasteiger partial charge in [-0.15, -0.1) is 0 Å². The third-order valence-corrected chi connectivity index (χ3v) is 2.60. The van der Waals surface area contributed by atoms with E-state index in [1.807, 2.05) is 35.9 Å². The van der Waals surface area contributed by atoms with Crippen LogP contribution >= 0.6 is 11.6 Å². The number of halogens is 1. The summed E-state index contributed by atoms with van der Waals surface area (Å²) in [5.74, 6) is 0.829. The molecule has 0 spiro atoms. The van der Waals surface area contributed by atoms with Gasteiger partial charge in [0.25, 0.3) is 0 Å². The summed E-state index contributed by atoms with van der Waals surface area (Å²) in [6.07, 6.45) is 1.67. The molecule has 0 fully saturated rings. The minimum atomic E-state index is -0.00289. The molecule has 0 aliphatic carbocycles. The van der Waals surface area contributed by atoms with Gasteiger partial charge in [-0.2, -0.15) is 0 Å². The van der Waals surface area contributed by atoms with Crippen LogP contribution < -0.4 is 0 Å². The van der Waals surface area contributed by atoms with Crippen molar-refractivity contribution in [1.82, 2.24) is 9.55 Å². The second-order valence-electron chi connectivity index (χ2n) is 3.30. The van der Waals surface area contributed by atoms with Crippen LogP contribution in [-0.4, -0.2) is 14.7 Å². The Balaban J connectivity index is 2.45. The predicted molar refractivity (Wildman–Crippen MR) is 59.6 cm³/mol. The molecule has 4 heteroatoms. The smallest absolute Gasteiger partial charge is 0.139 e. The van der Waals surface area contributed by atoms with E-state index in [0.717, 1.165) is 17.1 Å². The van der Waals surface area contributed by atoms with Gasteiger partial charge in [0.1, 0.15) is 5.82 Å². The van der Waals surface area contributed by atoms with Crippen LogP contribution in [0.5, 0.6) is 0 Å². The molecule has 1 heterocycles. The Morgan fingerprint density at radius 2 is 2.00 bits per heavy atom. The quantitative estimate of drug-likeness (QED) is 0.846. The molecule has 2 aromatic rings. The van der Waals surface area contributed by atoms with Crippen LogP contribution in [0.4, 0.5) is 0 Å². The van der Waals surface area contributed by atoms with E-state index in [1.165, 1.54) is 0 Å². The zero-order valence-corrected chi connectivity index (χ0v) is 9.07. The first kappa shape index (κ1) is 10.2. The van der Waals surface area contributed by atoms with E-state index in [1.54, 1.807) is 6.20 Å². The number of aliphatic hydroxyl groups excluding tert-OH is 1. The van der Waals surface area contributed by atoms with Crippen LogP contribution in [-0.2, 0) is 13.7 Å². The second kappa shape index (κ2) is 4.04. The van der Waals surface area contributed by atoms with E-state index < -0.39 is 0 Å². The summed E-state index contributed by atoms with van der Waals surface area (Å²) in [6.45, 7) is -0.00289. The van der Waals surface area contributed by atoms with E-state index >= 15 is 0 Å². The van der Waals surface area contributed by atoms with Crippen molar-refractivity contribution in [1.29, 1.82) is 0 Å². The zero-order valence-electron chi connectivity index (χ0n) is 8.31. The standard InChI is InChI=1S/C11H11ClN2O/c1-14-10(7-15)6-13-11(14)8-2-4-9(12)5-3-8/h2-6,15H,7H2,1H3. The Hall–Kier alpha value is -1.32. The largest absolute Gasteiger partial charge is 0.390 e. The number of benzene rings is 1. The Labute approximate surface area is 93.0 Å². The molecule has 0 saturated heterocycles. The summed E-state index contributed by atoms with van der Waals surface area (Å²) in [4.78, 5) is 4.25. The molecule has 3 nitrogen and oxygen atoms in total. The monoisotopic (exact) mass is 222 g/mol. The summed E-state index contributed by atoms with van der Waals surface area (Å²) in [5, 5.41) is 9.74. The molecule has 1 aromatic carbocycles. The highest BCUT2D eigenvalue weighted by Gasteiger charge is 2.07. The molecular formula is C11H11ClN2O. The van der Waals surface area contributed by atoms with Crippen molar-refractivity contribution in [3.05, 3.63) is 41.2 Å². The van der Waals surface area contributed by atoms with Gasteiger partial charge < -0.3 is 9.67 Å². The Bertz CT molecular complexity index is 462. The van der Waals surface area contributed by atoms with Gasteiger partial charge in [-0.05, 0) is 24.3 Å². The van der Waals surface area contributed by atoms with E-state index in [2.05, 4.69) is 4.98 Å². The van der Waals surface area contributed by atoms with E-state index in [-0.39, 0.29) is 6.61 Å². The maximum atomic E-state index is 9.04. The van der Waals surface area contributed by atoms with Crippen LogP contribution in [0, 0.1) is 0 Å². The van der Waals surface area contributed by atoms with Gasteiger partial charge in [-0.25, -0.2) is 4.98 Å². The Morgan fingerprint density at radius 3 is 2.53 bits per heavy atom. The molecule has 0 radical (unpaired) electrons. The third-order valence-electron chi connectivity index (χ3n) is 2.35. The van der Waals surface area contributed by atoms with Crippen LogP contribution in [0.15, 0.2) is 30.5 Å². The number of hydrogen-bond acceptors (Lipinski definition) is 2. The summed E-state index contributed by atoms with van der Waals surface area (Å²) < 4.78 is 1.86. The van der Waals surface area contributed by atoms with Crippen LogP contribution in [0.25, 0.3) is 11.4 Å². The second-order valence-corrected chi connectivity index (χ2v) is 3.73. The van der Waals surface area contributed by atoms with E-state index in [4.69, 9.17) is 16.7 Å². The van der Waals surface area contributed by atoms with Crippen LogP contribution in [0.1, 0.15) is 5.69 Å². The summed E-state index contributed by atoms with van der Waals surface area (Å²) in [7, 11) is 1.88. The van der Waals surface area contributed by atoms with Crippen LogP contribution in [0.2, 0.25) is 5.02 Å². The van der Waals surface area contributed by atoms with Crippen molar-refractivity contribution < 1.29 is 5.11 Å². The topological polar surface area (TPSA) is 38.0 Å². The van der Waals surface area contributed by atoms with Gasteiger partial charge in [0.05, 0.1) is 18.5 Å². The predicted octanol–water partition coefficient (Wildman–Crippen LogP) is 2.23. The number of aromatic nitrogens is 2. The average molecular weight is 223 g/mol. The number of aliphatic hydroxyl groups is 1. The van der Waals surface area contributed by atoms with Crippen molar-refractivity contribution in [2.24, 2.45) is 7.05 Å². The number of rotatable bonds is 2. The first-order valence-electron chi connectivity index (χ1n) is 4.60. The van der Waals surface area contributed by atoms with Gasteiger partial charge in [-0.1, -0.05) is 11.6 Å². The van der Waals surface area contributed by atoms with Gasteiger partial charge in [0.15, 0.2) is 0 Å². The summed E-state index contributed by atoms with van der Waals surface area (Å²) in [5.41, 5.74) is 1.78. The Kier molecular flexibility index (Phi) is 2.75. The fraction of sp³-hybridized carbons (Fsp3) is 0.182. The van der Waals surface area contributed by atoms with Gasteiger partial charge in [0, 0.05) is 17.6 Å². The minimum absolute atomic E-state index is 0.00289. The summed E-state index contributed by atoms with van der Waals surface area (Å²) >= 11 is 5.80. The van der Waals surface area contributed by atoms with Gasteiger partial charge in [0.2, 0.25) is 0 Å². The van der Waals surface area contributed by atoms with Crippen molar-refractivity contribution in [2.75, 3.05) is 0 Å². The molecule has 0 saturated carbocycles. The lowest BCUT2D eigenvalue weighted by atomic mass is 10.2. The maximum Gasteiger partial charge on any atom is 0.139 e. The number of hydrogen-bond donors (Lipinski definition) is 1. The highest BCUT2D eigenvalue weighted by Crippen LogP contribution is 2.20. The third kappa shape index (κ3) is 1.89. The molecule has 0 aliphatic rings. The lowest BCUT2D eigenvalue weighted by Crippen LogP contribution is -1.97. The molecule has 78 valence electrons. The van der Waals surface area contributed by atoms with E-state index in [0.29, 0.717) is 5.02 Å². The zero-order chi connectivity index (χ0) is 10.8. The molecule has 0 bridgehead atoms. The van der Waals surface area contributed by atoms with Crippen molar-refractivity contribution in [3.63, 3.8) is 0 Å². The van der Waals surface area contributed by atoms with Crippen molar-refractivity contribution >= 4 is 11.6 Å². The number of imidazole rings is 1. The Morgan fingerprint density at radius 1 is 1.33 bits per heavy atom. The van der Waals surface area contributed by atoms with Gasteiger partial charge >= 0.3 is 0 Å². The fourth-order valence-electron chi connectivity index (χ4n) is 1.46. The molecule has 0 unspecified atom stereocenters. The number of nitrogens with zero attached hydrogens (tertiary/aromatic N) is 2. The van der Waals surface area contributed by atoms with Crippen molar-refractivity contribution in [3.8, 4) is 11.4 Å². The molecular weight excluding hydrogens is 212 g/mol. The molecule has 15 heavy (non-hydrogen) atoms. The highest BCUT2D eigenvalue weighted by molar-refractivity contribution is 6.30. The summed E-state index contributed by atoms with van der Waals surface area (Å²) in [6, 6.07) is 7.46.